The second-order valence-corrected chi connectivity index (χ2v) is 6.26. The van der Waals surface area contributed by atoms with E-state index in [4.69, 9.17) is 4.74 Å². The summed E-state index contributed by atoms with van der Waals surface area (Å²) >= 11 is 0. The normalized spacial score (nSPS) is 27.9. The van der Waals surface area contributed by atoms with E-state index in [1.807, 2.05) is 6.20 Å². The Labute approximate surface area is 123 Å². The molecule has 1 aromatic carbocycles. The van der Waals surface area contributed by atoms with Gasteiger partial charge in [0.05, 0.1) is 31.0 Å². The summed E-state index contributed by atoms with van der Waals surface area (Å²) < 4.78 is 19.9. The number of aromatic amines is 1. The number of piperidine rings is 1. The summed E-state index contributed by atoms with van der Waals surface area (Å²) in [5.74, 6) is -0.00468. The molecule has 4 rings (SSSR count). The fourth-order valence-corrected chi connectivity index (χ4v) is 3.57. The summed E-state index contributed by atoms with van der Waals surface area (Å²) in [6.07, 6.45) is 1.88. The van der Waals surface area contributed by atoms with Crippen LogP contribution in [0.3, 0.4) is 0 Å². The SMILES string of the molecule is Cc1cc2cn[nH]c2cc1[C@@H]1CCN(C2COC2)C[C@@H]1F. The van der Waals surface area contributed by atoms with Crippen molar-refractivity contribution in [3.8, 4) is 0 Å². The molecule has 21 heavy (non-hydrogen) atoms. The number of alkyl halides is 1. The van der Waals surface area contributed by atoms with E-state index in [2.05, 4.69) is 34.2 Å². The summed E-state index contributed by atoms with van der Waals surface area (Å²) in [6, 6.07) is 4.62. The number of aryl methyl sites for hydroxylation is 1. The van der Waals surface area contributed by atoms with Crippen molar-refractivity contribution in [1.82, 2.24) is 15.1 Å². The molecule has 2 atom stereocenters. The van der Waals surface area contributed by atoms with Gasteiger partial charge in [0.25, 0.3) is 0 Å². The number of H-pyrrole nitrogens is 1. The topological polar surface area (TPSA) is 41.2 Å². The van der Waals surface area contributed by atoms with Gasteiger partial charge in [-0.15, -0.1) is 0 Å². The lowest BCUT2D eigenvalue weighted by Crippen LogP contribution is -2.54. The van der Waals surface area contributed by atoms with Crippen molar-refractivity contribution in [3.05, 3.63) is 29.5 Å². The van der Waals surface area contributed by atoms with Crippen LogP contribution in [0, 0.1) is 6.92 Å². The summed E-state index contributed by atoms with van der Waals surface area (Å²) in [4.78, 5) is 2.24. The monoisotopic (exact) mass is 289 g/mol. The van der Waals surface area contributed by atoms with Crippen molar-refractivity contribution in [2.75, 3.05) is 26.3 Å². The molecule has 2 fully saturated rings. The first-order valence-corrected chi connectivity index (χ1v) is 7.62. The zero-order chi connectivity index (χ0) is 14.4. The third-order valence-electron chi connectivity index (χ3n) is 4.94. The lowest BCUT2D eigenvalue weighted by Gasteiger charge is -2.43. The molecule has 2 aromatic rings. The van der Waals surface area contributed by atoms with Crippen LogP contribution in [0.15, 0.2) is 18.3 Å². The first kappa shape index (κ1) is 13.2. The lowest BCUT2D eigenvalue weighted by atomic mass is 9.84. The Morgan fingerprint density at radius 1 is 1.38 bits per heavy atom. The van der Waals surface area contributed by atoms with Crippen LogP contribution in [-0.2, 0) is 4.74 Å². The van der Waals surface area contributed by atoms with E-state index in [1.165, 1.54) is 0 Å². The second-order valence-electron chi connectivity index (χ2n) is 6.26. The molecular weight excluding hydrogens is 269 g/mol. The number of rotatable bonds is 2. The minimum absolute atomic E-state index is 0.00468. The van der Waals surface area contributed by atoms with Crippen molar-refractivity contribution in [2.45, 2.75) is 31.5 Å². The average molecular weight is 289 g/mol. The number of benzene rings is 1. The molecule has 0 aliphatic carbocycles. The molecule has 1 N–H and O–H groups in total. The Balaban J connectivity index is 1.58. The number of hydrogen-bond donors (Lipinski definition) is 1. The number of nitrogens with zero attached hydrogens (tertiary/aromatic N) is 2. The van der Waals surface area contributed by atoms with Crippen LogP contribution < -0.4 is 0 Å². The van der Waals surface area contributed by atoms with Crippen molar-refractivity contribution >= 4 is 10.9 Å². The maximum atomic E-state index is 14.7. The summed E-state index contributed by atoms with van der Waals surface area (Å²) in [5.41, 5.74) is 3.29. The molecule has 0 bridgehead atoms. The fourth-order valence-electron chi connectivity index (χ4n) is 3.57. The van der Waals surface area contributed by atoms with Gasteiger partial charge in [0.15, 0.2) is 0 Å². The van der Waals surface area contributed by atoms with Crippen LogP contribution in [-0.4, -0.2) is 53.6 Å². The molecule has 0 spiro atoms. The molecule has 5 heteroatoms. The Kier molecular flexibility index (Phi) is 3.19. The first-order chi connectivity index (χ1) is 10.2. The third kappa shape index (κ3) is 2.24. The molecule has 0 radical (unpaired) electrons. The van der Waals surface area contributed by atoms with Gasteiger partial charge in [-0.1, -0.05) is 0 Å². The van der Waals surface area contributed by atoms with Gasteiger partial charge in [-0.05, 0) is 43.1 Å². The fraction of sp³-hybridized carbons (Fsp3) is 0.562. The van der Waals surface area contributed by atoms with Crippen LogP contribution in [0.4, 0.5) is 4.39 Å². The predicted octanol–water partition coefficient (Wildman–Crippen LogP) is 2.40. The van der Waals surface area contributed by atoms with E-state index in [1.54, 1.807) is 0 Å². The Bertz CT molecular complexity index is 652. The predicted molar refractivity (Wildman–Crippen MR) is 79.3 cm³/mol. The highest BCUT2D eigenvalue weighted by Crippen LogP contribution is 2.35. The number of aromatic nitrogens is 2. The highest BCUT2D eigenvalue weighted by Gasteiger charge is 2.36. The van der Waals surface area contributed by atoms with Crippen LogP contribution in [0.5, 0.6) is 0 Å². The maximum Gasteiger partial charge on any atom is 0.120 e. The van der Waals surface area contributed by atoms with Gasteiger partial charge in [0.2, 0.25) is 0 Å². The first-order valence-electron chi connectivity index (χ1n) is 7.62. The standard InChI is InChI=1S/C16H20FN3O/c1-10-4-11-6-18-19-16(11)5-14(10)13-2-3-20(7-15(13)17)12-8-21-9-12/h4-6,12-13,15H,2-3,7-9H2,1H3,(H,18,19)/t13-,15-/m0/s1. The minimum Gasteiger partial charge on any atom is -0.378 e. The van der Waals surface area contributed by atoms with Crippen LogP contribution in [0.2, 0.25) is 0 Å². The largest absolute Gasteiger partial charge is 0.378 e. The number of nitrogens with one attached hydrogen (secondary N) is 1. The van der Waals surface area contributed by atoms with Crippen molar-refractivity contribution in [2.24, 2.45) is 0 Å². The summed E-state index contributed by atoms with van der Waals surface area (Å²) in [7, 11) is 0. The molecule has 2 saturated heterocycles. The lowest BCUT2D eigenvalue weighted by molar-refractivity contribution is -0.0807. The zero-order valence-corrected chi connectivity index (χ0v) is 12.2. The molecule has 0 saturated carbocycles. The van der Waals surface area contributed by atoms with Gasteiger partial charge in [0.1, 0.15) is 6.17 Å². The van der Waals surface area contributed by atoms with Crippen molar-refractivity contribution in [1.29, 1.82) is 0 Å². The van der Waals surface area contributed by atoms with Gasteiger partial charge in [0, 0.05) is 17.8 Å². The van der Waals surface area contributed by atoms with Crippen LogP contribution in [0.25, 0.3) is 10.9 Å². The molecule has 3 heterocycles. The molecule has 1 aromatic heterocycles. The molecule has 0 unspecified atom stereocenters. The van der Waals surface area contributed by atoms with Gasteiger partial charge in [-0.25, -0.2) is 4.39 Å². The highest BCUT2D eigenvalue weighted by molar-refractivity contribution is 5.79. The Morgan fingerprint density at radius 2 is 2.24 bits per heavy atom. The third-order valence-corrected chi connectivity index (χ3v) is 4.94. The smallest absolute Gasteiger partial charge is 0.120 e. The Hall–Kier alpha value is -1.46. The maximum absolute atomic E-state index is 14.7. The summed E-state index contributed by atoms with van der Waals surface area (Å²) in [6.45, 7) is 5.08. The summed E-state index contributed by atoms with van der Waals surface area (Å²) in [5, 5.41) is 8.14. The van der Waals surface area contributed by atoms with Gasteiger partial charge in [-0.3, -0.25) is 10.00 Å². The van der Waals surface area contributed by atoms with E-state index >= 15 is 0 Å². The number of likely N-dealkylation sites (tertiary alicyclic amines) is 1. The van der Waals surface area contributed by atoms with Crippen molar-refractivity contribution in [3.63, 3.8) is 0 Å². The zero-order valence-electron chi connectivity index (χ0n) is 12.2. The van der Waals surface area contributed by atoms with Gasteiger partial charge < -0.3 is 4.74 Å². The van der Waals surface area contributed by atoms with Gasteiger partial charge >= 0.3 is 0 Å². The molecule has 112 valence electrons. The van der Waals surface area contributed by atoms with Crippen LogP contribution >= 0.6 is 0 Å². The Morgan fingerprint density at radius 3 is 2.95 bits per heavy atom. The van der Waals surface area contributed by atoms with E-state index in [-0.39, 0.29) is 5.92 Å². The van der Waals surface area contributed by atoms with E-state index in [9.17, 15) is 4.39 Å². The molecular formula is C16H20FN3O. The van der Waals surface area contributed by atoms with E-state index in [0.29, 0.717) is 12.6 Å². The number of hydrogen-bond acceptors (Lipinski definition) is 3. The number of fused-ring (bicyclic) bond motifs is 1. The quantitative estimate of drug-likeness (QED) is 0.923. The van der Waals surface area contributed by atoms with Crippen molar-refractivity contribution < 1.29 is 9.13 Å². The highest BCUT2D eigenvalue weighted by atomic mass is 19.1. The molecule has 2 aliphatic rings. The average Bonchev–Trinajstić information content (AvgIpc) is 2.83. The van der Waals surface area contributed by atoms with E-state index in [0.717, 1.165) is 48.2 Å². The second kappa shape index (κ2) is 5.07. The van der Waals surface area contributed by atoms with Crippen LogP contribution in [0.1, 0.15) is 23.5 Å². The van der Waals surface area contributed by atoms with E-state index < -0.39 is 6.17 Å². The molecule has 4 nitrogen and oxygen atoms in total. The minimum atomic E-state index is -0.807. The molecule has 0 amide bonds. The van der Waals surface area contributed by atoms with Gasteiger partial charge in [-0.2, -0.15) is 5.10 Å². The molecule has 2 aliphatic heterocycles. The number of ether oxygens (including phenoxy) is 1. The number of halogens is 1.